The Kier molecular flexibility index (Phi) is 5.10. The highest BCUT2D eigenvalue weighted by atomic mass is 16.6. The van der Waals surface area contributed by atoms with E-state index in [0.717, 1.165) is 0 Å². The van der Waals surface area contributed by atoms with Crippen LogP contribution >= 0.6 is 0 Å². The van der Waals surface area contributed by atoms with Crippen LogP contribution in [0.4, 0.5) is 5.69 Å². The normalized spacial score (nSPS) is 11.5. The Morgan fingerprint density at radius 3 is 2.42 bits per heavy atom. The topological polar surface area (TPSA) is 131 Å². The minimum absolute atomic E-state index is 0.0935. The van der Waals surface area contributed by atoms with E-state index < -0.39 is 22.7 Å². The predicted molar refractivity (Wildman–Crippen MR) is 81.8 cm³/mol. The number of benzene rings is 2. The monoisotopic (exact) mass is 329 g/mol. The molecule has 2 aromatic carbocycles. The summed E-state index contributed by atoms with van der Waals surface area (Å²) < 4.78 is 5.01. The lowest BCUT2D eigenvalue weighted by Gasteiger charge is -2.13. The molecule has 0 aromatic heterocycles. The SMILES string of the molecule is [NH]C(=O)C(C(=O)OCc1ccc([N+](=O)[O-])cc1)c1cccc(O)c1. The van der Waals surface area contributed by atoms with Crippen molar-refractivity contribution in [3.05, 3.63) is 69.8 Å². The van der Waals surface area contributed by atoms with Gasteiger partial charge in [-0.1, -0.05) is 12.1 Å². The Morgan fingerprint density at radius 1 is 1.21 bits per heavy atom. The van der Waals surface area contributed by atoms with Gasteiger partial charge in [0.25, 0.3) is 11.6 Å². The van der Waals surface area contributed by atoms with Crippen LogP contribution < -0.4 is 5.73 Å². The summed E-state index contributed by atoms with van der Waals surface area (Å²) in [6.07, 6.45) is 0. The molecule has 0 bridgehead atoms. The van der Waals surface area contributed by atoms with Crippen molar-refractivity contribution in [2.75, 3.05) is 0 Å². The van der Waals surface area contributed by atoms with Crippen molar-refractivity contribution in [3.63, 3.8) is 0 Å². The van der Waals surface area contributed by atoms with Gasteiger partial charge in [-0.05, 0) is 35.4 Å². The average molecular weight is 329 g/mol. The van der Waals surface area contributed by atoms with Crippen molar-refractivity contribution in [2.24, 2.45) is 0 Å². The Balaban J connectivity index is 2.08. The third-order valence-electron chi connectivity index (χ3n) is 3.23. The maximum atomic E-state index is 12.1. The van der Waals surface area contributed by atoms with Gasteiger partial charge in [0.05, 0.1) is 4.92 Å². The molecule has 123 valence electrons. The van der Waals surface area contributed by atoms with Gasteiger partial charge in [0, 0.05) is 12.1 Å². The second-order valence-corrected chi connectivity index (χ2v) is 4.92. The fourth-order valence-electron chi connectivity index (χ4n) is 2.05. The molecule has 1 radical (unpaired) electrons. The number of carbonyl (C=O) groups excluding carboxylic acids is 2. The van der Waals surface area contributed by atoms with Crippen LogP contribution in [-0.4, -0.2) is 21.9 Å². The molecule has 1 unspecified atom stereocenters. The number of hydrogen-bond acceptors (Lipinski definition) is 6. The Bertz CT molecular complexity index is 772. The lowest BCUT2D eigenvalue weighted by Crippen LogP contribution is -2.24. The smallest absolute Gasteiger partial charge is 0.323 e. The first-order chi connectivity index (χ1) is 11.4. The second-order valence-electron chi connectivity index (χ2n) is 4.92. The van der Waals surface area contributed by atoms with Crippen LogP contribution in [0.25, 0.3) is 0 Å². The number of non-ortho nitro benzene ring substituents is 1. The first-order valence-corrected chi connectivity index (χ1v) is 6.83. The maximum absolute atomic E-state index is 12.1. The first kappa shape index (κ1) is 16.9. The molecule has 0 saturated heterocycles. The zero-order chi connectivity index (χ0) is 17.7. The lowest BCUT2D eigenvalue weighted by atomic mass is 9.98. The molecular weight excluding hydrogens is 316 g/mol. The van der Waals surface area contributed by atoms with E-state index in [2.05, 4.69) is 0 Å². The molecular formula is C16H13N2O6. The van der Waals surface area contributed by atoms with Crippen LogP contribution in [0.3, 0.4) is 0 Å². The number of esters is 1. The van der Waals surface area contributed by atoms with E-state index in [1.165, 1.54) is 48.5 Å². The summed E-state index contributed by atoms with van der Waals surface area (Å²) >= 11 is 0. The van der Waals surface area contributed by atoms with E-state index in [4.69, 9.17) is 10.5 Å². The largest absolute Gasteiger partial charge is 0.508 e. The molecule has 24 heavy (non-hydrogen) atoms. The number of ether oxygens (including phenoxy) is 1. The summed E-state index contributed by atoms with van der Waals surface area (Å²) in [6.45, 7) is -0.195. The molecule has 1 atom stereocenters. The van der Waals surface area contributed by atoms with E-state index in [9.17, 15) is 24.8 Å². The molecule has 0 aliphatic heterocycles. The number of nitrogens with one attached hydrogen (secondary N) is 1. The summed E-state index contributed by atoms with van der Waals surface area (Å²) in [4.78, 5) is 33.5. The summed E-state index contributed by atoms with van der Waals surface area (Å²) in [5.41, 5.74) is 7.80. The van der Waals surface area contributed by atoms with Crippen LogP contribution in [0, 0.1) is 10.1 Å². The van der Waals surface area contributed by atoms with Gasteiger partial charge in [0.2, 0.25) is 0 Å². The summed E-state index contributed by atoms with van der Waals surface area (Å²) in [6, 6.07) is 10.9. The van der Waals surface area contributed by atoms with Crippen molar-refractivity contribution in [1.82, 2.24) is 5.73 Å². The van der Waals surface area contributed by atoms with Gasteiger partial charge >= 0.3 is 5.97 Å². The van der Waals surface area contributed by atoms with E-state index in [1.54, 1.807) is 0 Å². The van der Waals surface area contributed by atoms with E-state index in [0.29, 0.717) is 5.56 Å². The standard InChI is InChI=1S/C16H13N2O6/c17-15(20)14(11-2-1-3-13(19)8-11)16(21)24-9-10-4-6-12(7-5-10)18(22)23/h1-8,14,17,19H,9H2. The van der Waals surface area contributed by atoms with Crippen LogP contribution in [-0.2, 0) is 20.9 Å². The number of aromatic hydroxyl groups is 1. The van der Waals surface area contributed by atoms with Gasteiger partial charge in [-0.2, -0.15) is 0 Å². The number of carbonyl (C=O) groups is 2. The third-order valence-corrected chi connectivity index (χ3v) is 3.23. The van der Waals surface area contributed by atoms with Crippen molar-refractivity contribution in [3.8, 4) is 5.75 Å². The highest BCUT2D eigenvalue weighted by Gasteiger charge is 2.29. The van der Waals surface area contributed by atoms with E-state index >= 15 is 0 Å². The van der Waals surface area contributed by atoms with Gasteiger partial charge in [-0.3, -0.25) is 25.4 Å². The second kappa shape index (κ2) is 7.23. The third kappa shape index (κ3) is 4.07. The maximum Gasteiger partial charge on any atom is 0.323 e. The summed E-state index contributed by atoms with van der Waals surface area (Å²) in [5, 5.41) is 20.0. The van der Waals surface area contributed by atoms with Gasteiger partial charge in [0.1, 0.15) is 12.4 Å². The highest BCUT2D eigenvalue weighted by molar-refractivity contribution is 6.02. The predicted octanol–water partition coefficient (Wildman–Crippen LogP) is 1.94. The molecule has 8 nitrogen and oxygen atoms in total. The van der Waals surface area contributed by atoms with Crippen LogP contribution in [0.2, 0.25) is 0 Å². The lowest BCUT2D eigenvalue weighted by molar-refractivity contribution is -0.384. The van der Waals surface area contributed by atoms with Crippen molar-refractivity contribution in [1.29, 1.82) is 0 Å². The molecule has 0 heterocycles. The number of hydrogen-bond donors (Lipinski definition) is 1. The fourth-order valence-corrected chi connectivity index (χ4v) is 2.05. The number of nitrogens with zero attached hydrogens (tertiary/aromatic N) is 1. The Hall–Kier alpha value is -3.42. The van der Waals surface area contributed by atoms with Gasteiger partial charge < -0.3 is 9.84 Å². The molecule has 2 N–H and O–H groups in total. The molecule has 1 amide bonds. The Morgan fingerprint density at radius 2 is 1.88 bits per heavy atom. The van der Waals surface area contributed by atoms with Crippen LogP contribution in [0.5, 0.6) is 5.75 Å². The highest BCUT2D eigenvalue weighted by Crippen LogP contribution is 2.22. The van der Waals surface area contributed by atoms with Crippen molar-refractivity contribution < 1.29 is 24.4 Å². The summed E-state index contributed by atoms with van der Waals surface area (Å²) in [7, 11) is 0. The number of amides is 1. The fraction of sp³-hybridized carbons (Fsp3) is 0.125. The molecule has 0 saturated carbocycles. The number of phenols is 1. The molecule has 0 aliphatic carbocycles. The molecule has 2 rings (SSSR count). The first-order valence-electron chi connectivity index (χ1n) is 6.83. The zero-order valence-corrected chi connectivity index (χ0v) is 12.3. The molecule has 0 spiro atoms. The van der Waals surface area contributed by atoms with Crippen LogP contribution in [0.15, 0.2) is 48.5 Å². The zero-order valence-electron chi connectivity index (χ0n) is 12.3. The average Bonchev–Trinajstić information content (AvgIpc) is 2.53. The van der Waals surface area contributed by atoms with E-state index in [-0.39, 0.29) is 23.6 Å². The molecule has 8 heteroatoms. The molecule has 2 aromatic rings. The molecule has 0 aliphatic rings. The van der Waals surface area contributed by atoms with E-state index in [1.807, 2.05) is 0 Å². The quantitative estimate of drug-likeness (QED) is 0.373. The van der Waals surface area contributed by atoms with Crippen LogP contribution in [0.1, 0.15) is 17.0 Å². The number of nitro benzene ring substituents is 1. The number of phenolic OH excluding ortho intramolecular Hbond substituents is 1. The Labute approximate surface area is 136 Å². The summed E-state index contributed by atoms with van der Waals surface area (Å²) in [5.74, 6) is -3.69. The molecule has 0 fully saturated rings. The van der Waals surface area contributed by atoms with Crippen molar-refractivity contribution in [2.45, 2.75) is 12.5 Å². The van der Waals surface area contributed by atoms with Gasteiger partial charge in [-0.25, -0.2) is 0 Å². The minimum atomic E-state index is -1.46. The number of nitro groups is 1. The van der Waals surface area contributed by atoms with Crippen molar-refractivity contribution >= 4 is 17.6 Å². The number of rotatable bonds is 6. The van der Waals surface area contributed by atoms with Gasteiger partial charge in [-0.15, -0.1) is 0 Å². The minimum Gasteiger partial charge on any atom is -0.508 e. The van der Waals surface area contributed by atoms with Gasteiger partial charge in [0.15, 0.2) is 5.92 Å².